The molecule has 58 valence electrons. The Morgan fingerprint density at radius 3 is 2.82 bits per heavy atom. The van der Waals surface area contributed by atoms with Gasteiger partial charge in [-0.2, -0.15) is 4.39 Å². The van der Waals surface area contributed by atoms with Crippen molar-refractivity contribution in [3.63, 3.8) is 0 Å². The highest BCUT2D eigenvalue weighted by molar-refractivity contribution is 7.17. The van der Waals surface area contributed by atoms with E-state index in [1.54, 1.807) is 6.07 Å². The highest BCUT2D eigenvalue weighted by Gasteiger charge is 2.12. The molecule has 0 aliphatic rings. The zero-order valence-corrected chi connectivity index (χ0v) is 6.56. The first kappa shape index (κ1) is 6.79. The van der Waals surface area contributed by atoms with Crippen LogP contribution in [0.2, 0.25) is 0 Å². The Labute approximate surface area is 65.7 Å². The van der Waals surface area contributed by atoms with Crippen molar-refractivity contribution < 1.29 is 8.78 Å². The summed E-state index contributed by atoms with van der Waals surface area (Å²) in [7, 11) is 0. The van der Waals surface area contributed by atoms with Crippen LogP contribution in [-0.4, -0.2) is 4.98 Å². The number of fused-ring (bicyclic) bond motifs is 1. The highest BCUT2D eigenvalue weighted by Crippen LogP contribution is 2.28. The van der Waals surface area contributed by atoms with E-state index in [1.165, 1.54) is 0 Å². The van der Waals surface area contributed by atoms with Crippen LogP contribution in [0.3, 0.4) is 0 Å². The SMILES string of the molecule is Cc1cc2c(F)c(F)sc2[nH]1. The normalized spacial score (nSPS) is 11.2. The van der Waals surface area contributed by atoms with Crippen LogP contribution in [0.4, 0.5) is 8.78 Å². The molecule has 2 rings (SSSR count). The predicted molar refractivity (Wildman–Crippen MR) is 40.8 cm³/mol. The molecule has 0 spiro atoms. The van der Waals surface area contributed by atoms with Crippen LogP contribution >= 0.6 is 11.3 Å². The minimum absolute atomic E-state index is 0.352. The van der Waals surface area contributed by atoms with E-state index in [9.17, 15) is 8.78 Å². The summed E-state index contributed by atoms with van der Waals surface area (Å²) in [5.41, 5.74) is 0.852. The molecule has 0 saturated heterocycles. The Morgan fingerprint density at radius 1 is 1.45 bits per heavy atom. The third-order valence-corrected chi connectivity index (χ3v) is 2.40. The number of thiophene rings is 1. The van der Waals surface area contributed by atoms with Crippen LogP contribution in [0.25, 0.3) is 10.2 Å². The first-order chi connectivity index (χ1) is 5.18. The lowest BCUT2D eigenvalue weighted by Gasteiger charge is -1.78. The average Bonchev–Trinajstić information content (AvgIpc) is 2.37. The summed E-state index contributed by atoms with van der Waals surface area (Å²) in [6, 6.07) is 1.60. The van der Waals surface area contributed by atoms with E-state index in [2.05, 4.69) is 4.98 Å². The van der Waals surface area contributed by atoms with Gasteiger partial charge >= 0.3 is 0 Å². The number of aromatic nitrogens is 1. The molecular formula is C7H5F2NS. The summed E-state index contributed by atoms with van der Waals surface area (Å²) in [6.45, 7) is 1.81. The zero-order chi connectivity index (χ0) is 8.01. The average molecular weight is 173 g/mol. The molecule has 1 N–H and O–H groups in total. The number of aryl methyl sites for hydroxylation is 1. The summed E-state index contributed by atoms with van der Waals surface area (Å²) < 4.78 is 25.3. The number of halogens is 2. The maximum atomic E-state index is 12.8. The fraction of sp³-hybridized carbons (Fsp3) is 0.143. The van der Waals surface area contributed by atoms with Crippen molar-refractivity contribution in [2.24, 2.45) is 0 Å². The monoisotopic (exact) mass is 173 g/mol. The van der Waals surface area contributed by atoms with Crippen LogP contribution in [0.1, 0.15) is 5.69 Å². The maximum absolute atomic E-state index is 12.8. The second kappa shape index (κ2) is 2.04. The van der Waals surface area contributed by atoms with Gasteiger partial charge in [0.25, 0.3) is 0 Å². The first-order valence-corrected chi connectivity index (χ1v) is 3.93. The largest absolute Gasteiger partial charge is 0.350 e. The Hall–Kier alpha value is -0.900. The van der Waals surface area contributed by atoms with Gasteiger partial charge in [-0.3, -0.25) is 0 Å². The minimum atomic E-state index is -0.744. The number of H-pyrrole nitrogens is 1. The molecule has 2 aromatic heterocycles. The minimum Gasteiger partial charge on any atom is -0.350 e. The molecule has 0 bridgehead atoms. The summed E-state index contributed by atoms with van der Waals surface area (Å²) in [5.74, 6) is -0.741. The first-order valence-electron chi connectivity index (χ1n) is 3.11. The number of nitrogens with one attached hydrogen (secondary N) is 1. The van der Waals surface area contributed by atoms with E-state index in [1.807, 2.05) is 6.92 Å². The van der Waals surface area contributed by atoms with Gasteiger partial charge in [-0.25, -0.2) is 4.39 Å². The summed E-state index contributed by atoms with van der Waals surface area (Å²) >= 11 is 0.802. The van der Waals surface area contributed by atoms with Gasteiger partial charge in [0, 0.05) is 11.1 Å². The Morgan fingerprint density at radius 2 is 2.18 bits per heavy atom. The topological polar surface area (TPSA) is 15.8 Å². The molecule has 0 amide bonds. The van der Waals surface area contributed by atoms with Crippen LogP contribution in [-0.2, 0) is 0 Å². The van der Waals surface area contributed by atoms with Crippen molar-refractivity contribution in [2.45, 2.75) is 6.92 Å². The van der Waals surface area contributed by atoms with Crippen LogP contribution in [0.15, 0.2) is 6.07 Å². The predicted octanol–water partition coefficient (Wildman–Crippen LogP) is 2.82. The third-order valence-electron chi connectivity index (χ3n) is 1.52. The quantitative estimate of drug-likeness (QED) is 0.630. The molecule has 0 aliphatic carbocycles. The highest BCUT2D eigenvalue weighted by atomic mass is 32.1. The van der Waals surface area contributed by atoms with Gasteiger partial charge in [-0.15, -0.1) is 0 Å². The molecule has 11 heavy (non-hydrogen) atoms. The lowest BCUT2D eigenvalue weighted by Crippen LogP contribution is -1.69. The Balaban J connectivity index is 2.88. The second-order valence-corrected chi connectivity index (χ2v) is 3.36. The smallest absolute Gasteiger partial charge is 0.214 e. The van der Waals surface area contributed by atoms with Crippen molar-refractivity contribution >= 4 is 21.6 Å². The summed E-state index contributed by atoms with van der Waals surface area (Å²) in [6.07, 6.45) is 0. The van der Waals surface area contributed by atoms with E-state index in [0.29, 0.717) is 10.2 Å². The van der Waals surface area contributed by atoms with Crippen LogP contribution in [0, 0.1) is 17.9 Å². The zero-order valence-electron chi connectivity index (χ0n) is 5.74. The molecule has 2 aromatic rings. The molecule has 0 unspecified atom stereocenters. The molecule has 0 fully saturated rings. The summed E-state index contributed by atoms with van der Waals surface area (Å²) in [4.78, 5) is 3.43. The van der Waals surface area contributed by atoms with Crippen LogP contribution < -0.4 is 0 Å². The standard InChI is InChI=1S/C7H5F2NS/c1-3-2-4-5(8)6(9)11-7(4)10-3/h2,10H,1H3. The lowest BCUT2D eigenvalue weighted by molar-refractivity contribution is 0.538. The number of hydrogen-bond donors (Lipinski definition) is 1. The second-order valence-electron chi connectivity index (χ2n) is 2.38. The van der Waals surface area contributed by atoms with Crippen LogP contribution in [0.5, 0.6) is 0 Å². The van der Waals surface area contributed by atoms with Crippen molar-refractivity contribution in [3.05, 3.63) is 22.7 Å². The van der Waals surface area contributed by atoms with Gasteiger partial charge in [0.05, 0.1) is 0 Å². The van der Waals surface area contributed by atoms with E-state index in [-0.39, 0.29) is 0 Å². The molecular weight excluding hydrogens is 168 g/mol. The van der Waals surface area contributed by atoms with Crippen molar-refractivity contribution in [2.75, 3.05) is 0 Å². The van der Waals surface area contributed by atoms with Gasteiger partial charge in [-0.05, 0) is 13.0 Å². The summed E-state index contributed by atoms with van der Waals surface area (Å²) in [5, 5.41) is -0.392. The molecule has 4 heteroatoms. The van der Waals surface area contributed by atoms with E-state index >= 15 is 0 Å². The molecule has 2 heterocycles. The van der Waals surface area contributed by atoms with Gasteiger partial charge < -0.3 is 4.98 Å². The Kier molecular flexibility index (Phi) is 1.26. The molecule has 1 nitrogen and oxygen atoms in total. The van der Waals surface area contributed by atoms with Gasteiger partial charge in [0.1, 0.15) is 4.83 Å². The maximum Gasteiger partial charge on any atom is 0.214 e. The van der Waals surface area contributed by atoms with Gasteiger partial charge in [0.2, 0.25) is 5.13 Å². The lowest BCUT2D eigenvalue weighted by atomic mass is 10.4. The molecule has 0 aliphatic heterocycles. The molecule has 0 radical (unpaired) electrons. The van der Waals surface area contributed by atoms with Crippen molar-refractivity contribution in [3.8, 4) is 0 Å². The number of rotatable bonds is 0. The third kappa shape index (κ3) is 0.860. The van der Waals surface area contributed by atoms with E-state index in [4.69, 9.17) is 0 Å². The van der Waals surface area contributed by atoms with Crippen molar-refractivity contribution in [1.29, 1.82) is 0 Å². The number of hydrogen-bond acceptors (Lipinski definition) is 1. The van der Waals surface area contributed by atoms with E-state index in [0.717, 1.165) is 17.0 Å². The number of aromatic amines is 1. The molecule has 0 saturated carbocycles. The van der Waals surface area contributed by atoms with Gasteiger partial charge in [0.15, 0.2) is 5.82 Å². The van der Waals surface area contributed by atoms with Gasteiger partial charge in [-0.1, -0.05) is 11.3 Å². The molecule has 0 atom stereocenters. The molecule has 0 aromatic carbocycles. The van der Waals surface area contributed by atoms with Crippen molar-refractivity contribution in [1.82, 2.24) is 4.98 Å². The fourth-order valence-corrected chi connectivity index (χ4v) is 1.90. The fourth-order valence-electron chi connectivity index (χ4n) is 1.05. The Bertz CT molecular complexity index is 402. The van der Waals surface area contributed by atoms with E-state index < -0.39 is 10.9 Å².